The van der Waals surface area contributed by atoms with Crippen LogP contribution in [0.25, 0.3) is 34.8 Å². The van der Waals surface area contributed by atoms with Crippen molar-refractivity contribution in [2.45, 2.75) is 14.7 Å². The van der Waals surface area contributed by atoms with Crippen LogP contribution in [-0.2, 0) is 19.7 Å². The molecule has 2 aromatic heterocycles. The normalized spacial score (nSPS) is 12.2. The molecule has 0 aliphatic heterocycles. The van der Waals surface area contributed by atoms with E-state index in [-0.39, 0.29) is 37.7 Å². The summed E-state index contributed by atoms with van der Waals surface area (Å²) in [5, 5.41) is 0. The molecule has 5 aromatic rings. The molecule has 0 amide bonds. The quantitative estimate of drug-likeness (QED) is 0.235. The fraction of sp³-hybridized carbons (Fsp3) is 0.0345. The second-order valence-electron chi connectivity index (χ2n) is 8.34. The predicted molar refractivity (Wildman–Crippen MR) is 142 cm³/mol. The third-order valence-electron chi connectivity index (χ3n) is 5.66. The van der Waals surface area contributed by atoms with E-state index < -0.39 is 19.7 Å². The van der Waals surface area contributed by atoms with E-state index in [0.29, 0.717) is 11.1 Å². The highest BCUT2D eigenvalue weighted by molar-refractivity contribution is 7.91. The molecule has 0 radical (unpaired) electrons. The fourth-order valence-corrected chi connectivity index (χ4v) is 6.17. The molecule has 8 heteroatoms. The Kier molecular flexibility index (Phi) is 6.45. The number of rotatable bonds is 7. The molecule has 186 valence electrons. The van der Waals surface area contributed by atoms with Gasteiger partial charge >= 0.3 is 0 Å². The van der Waals surface area contributed by atoms with Crippen LogP contribution in [0.15, 0.2) is 127 Å². The molecule has 2 heterocycles. The second-order valence-corrected chi connectivity index (χ2v) is 12.2. The van der Waals surface area contributed by atoms with Crippen LogP contribution in [0.3, 0.4) is 0 Å². The first-order valence-electron chi connectivity index (χ1n) is 11.3. The topological polar surface area (TPSA) is 94.6 Å². The molecule has 0 fully saturated rings. The Bertz CT molecular complexity index is 1780. The lowest BCUT2D eigenvalue weighted by Crippen LogP contribution is -2.01. The van der Waals surface area contributed by atoms with Gasteiger partial charge in [0.15, 0.2) is 21.4 Å². The van der Waals surface area contributed by atoms with Crippen LogP contribution < -0.4 is 0 Å². The van der Waals surface area contributed by atoms with E-state index in [1.807, 2.05) is 12.1 Å². The summed E-state index contributed by atoms with van der Waals surface area (Å²) in [6.45, 7) is 0. The molecule has 0 spiro atoms. The van der Waals surface area contributed by atoms with E-state index in [2.05, 4.69) is 0 Å². The summed E-state index contributed by atoms with van der Waals surface area (Å²) in [6.07, 6.45) is 4.22. The molecule has 37 heavy (non-hydrogen) atoms. The molecule has 0 saturated heterocycles. The molecule has 3 aromatic carbocycles. The molecule has 0 saturated carbocycles. The minimum Gasteiger partial charge on any atom is -0.455 e. The Morgan fingerprint density at radius 2 is 0.973 bits per heavy atom. The zero-order valence-corrected chi connectivity index (χ0v) is 21.4. The second kappa shape index (κ2) is 9.72. The highest BCUT2D eigenvalue weighted by Crippen LogP contribution is 2.36. The average molecular weight is 531 g/mol. The van der Waals surface area contributed by atoms with Crippen LogP contribution >= 0.6 is 0 Å². The van der Waals surface area contributed by atoms with Crippen molar-refractivity contribution in [2.24, 2.45) is 0 Å². The Morgan fingerprint density at radius 3 is 1.43 bits per heavy atom. The van der Waals surface area contributed by atoms with Gasteiger partial charge in [-0.25, -0.2) is 16.8 Å². The van der Waals surface area contributed by atoms with Crippen molar-refractivity contribution in [3.63, 3.8) is 0 Å². The first-order valence-corrected chi connectivity index (χ1v) is 14.7. The highest BCUT2D eigenvalue weighted by Gasteiger charge is 2.26. The van der Waals surface area contributed by atoms with Crippen LogP contribution in [0.5, 0.6) is 0 Å². The smallest absolute Gasteiger partial charge is 0.210 e. The summed E-state index contributed by atoms with van der Waals surface area (Å²) < 4.78 is 63.6. The summed E-state index contributed by atoms with van der Waals surface area (Å²) >= 11 is 0. The minimum absolute atomic E-state index is 0.0331. The van der Waals surface area contributed by atoms with E-state index in [4.69, 9.17) is 8.83 Å². The standard InChI is InChI=1S/C29H22O6S2/c1-36(30,31)26-19-23(34-28(26)21-11-5-2-6-12-21)17-18-24-20-27(29(35-24)22-13-7-3-8-14-22)37(32,33)25-15-9-4-10-16-25/h2-20H,1H3/b18-17+. The van der Waals surface area contributed by atoms with E-state index in [1.165, 1.54) is 24.3 Å². The highest BCUT2D eigenvalue weighted by atomic mass is 32.2. The van der Waals surface area contributed by atoms with Gasteiger partial charge in [0, 0.05) is 29.5 Å². The van der Waals surface area contributed by atoms with Crippen molar-refractivity contribution in [3.05, 3.63) is 115 Å². The van der Waals surface area contributed by atoms with E-state index >= 15 is 0 Å². The zero-order valence-electron chi connectivity index (χ0n) is 19.7. The Morgan fingerprint density at radius 1 is 0.568 bits per heavy atom. The number of hydrogen-bond donors (Lipinski definition) is 0. The molecular weight excluding hydrogens is 508 g/mol. The summed E-state index contributed by atoms with van der Waals surface area (Å²) in [6, 6.07) is 29.0. The van der Waals surface area contributed by atoms with Crippen LogP contribution in [0, 0.1) is 0 Å². The molecular formula is C29H22O6S2. The summed E-state index contributed by atoms with van der Waals surface area (Å²) in [5.74, 6) is 1.00. The van der Waals surface area contributed by atoms with Crippen molar-refractivity contribution in [1.29, 1.82) is 0 Å². The number of sulfone groups is 2. The molecule has 0 aliphatic rings. The molecule has 6 nitrogen and oxygen atoms in total. The maximum Gasteiger partial charge on any atom is 0.210 e. The first kappa shape index (κ1) is 24.5. The Hall–Kier alpha value is -4.14. The third kappa shape index (κ3) is 5.07. The van der Waals surface area contributed by atoms with Crippen LogP contribution in [0.4, 0.5) is 0 Å². The summed E-state index contributed by atoms with van der Waals surface area (Å²) in [5.41, 5.74) is 1.24. The van der Waals surface area contributed by atoms with Crippen molar-refractivity contribution in [2.75, 3.05) is 6.26 Å². The minimum atomic E-state index is -3.87. The van der Waals surface area contributed by atoms with Gasteiger partial charge < -0.3 is 8.83 Å². The van der Waals surface area contributed by atoms with Gasteiger partial charge in [0.25, 0.3) is 0 Å². The fourth-order valence-electron chi connectivity index (χ4n) is 3.90. The maximum absolute atomic E-state index is 13.5. The van der Waals surface area contributed by atoms with Gasteiger partial charge in [-0.15, -0.1) is 0 Å². The van der Waals surface area contributed by atoms with Gasteiger partial charge in [0.1, 0.15) is 21.3 Å². The Labute approximate surface area is 215 Å². The van der Waals surface area contributed by atoms with Crippen LogP contribution in [0.1, 0.15) is 11.5 Å². The van der Waals surface area contributed by atoms with E-state index in [1.54, 1.807) is 78.9 Å². The van der Waals surface area contributed by atoms with Crippen LogP contribution in [0.2, 0.25) is 0 Å². The van der Waals surface area contributed by atoms with Gasteiger partial charge in [-0.1, -0.05) is 78.9 Å². The van der Waals surface area contributed by atoms with Gasteiger partial charge in [-0.3, -0.25) is 0 Å². The van der Waals surface area contributed by atoms with Crippen LogP contribution in [-0.4, -0.2) is 23.1 Å². The van der Waals surface area contributed by atoms with E-state index in [9.17, 15) is 16.8 Å². The molecule has 0 atom stereocenters. The zero-order chi connectivity index (χ0) is 26.0. The monoisotopic (exact) mass is 530 g/mol. The van der Waals surface area contributed by atoms with Gasteiger partial charge in [-0.05, 0) is 24.3 Å². The summed E-state index contributed by atoms with van der Waals surface area (Å²) in [7, 11) is -7.43. The number of benzene rings is 3. The van der Waals surface area contributed by atoms with Crippen molar-refractivity contribution >= 4 is 31.8 Å². The summed E-state index contributed by atoms with van der Waals surface area (Å²) in [4.78, 5) is 0.251. The Balaban J connectivity index is 1.59. The van der Waals surface area contributed by atoms with Gasteiger partial charge in [0.2, 0.25) is 9.84 Å². The van der Waals surface area contributed by atoms with E-state index in [0.717, 1.165) is 6.26 Å². The maximum atomic E-state index is 13.5. The lowest BCUT2D eigenvalue weighted by atomic mass is 10.2. The molecule has 0 N–H and O–H groups in total. The van der Waals surface area contributed by atoms with Gasteiger partial charge in [0.05, 0.1) is 4.90 Å². The average Bonchev–Trinajstić information content (AvgIpc) is 3.54. The first-order chi connectivity index (χ1) is 17.7. The van der Waals surface area contributed by atoms with Crippen molar-refractivity contribution in [1.82, 2.24) is 0 Å². The molecule has 0 bridgehead atoms. The molecule has 0 aliphatic carbocycles. The SMILES string of the molecule is CS(=O)(=O)c1cc(/C=C/c2cc(S(=O)(=O)c3ccccc3)c(-c3ccccc3)o2)oc1-c1ccccc1. The van der Waals surface area contributed by atoms with Gasteiger partial charge in [-0.2, -0.15) is 0 Å². The molecule has 0 unspecified atom stereocenters. The lowest BCUT2D eigenvalue weighted by Gasteiger charge is -2.05. The lowest BCUT2D eigenvalue weighted by molar-refractivity contribution is 0.558. The number of furan rings is 2. The van der Waals surface area contributed by atoms with Crippen molar-refractivity contribution in [3.8, 4) is 22.6 Å². The number of hydrogen-bond acceptors (Lipinski definition) is 6. The largest absolute Gasteiger partial charge is 0.455 e. The van der Waals surface area contributed by atoms with Crippen molar-refractivity contribution < 1.29 is 25.7 Å². The third-order valence-corrected chi connectivity index (χ3v) is 8.54. The molecule has 5 rings (SSSR count). The predicted octanol–water partition coefficient (Wildman–Crippen LogP) is 6.61.